The number of carbonyl (C=O) groups excluding carboxylic acids is 2. The maximum atomic E-state index is 12.6. The van der Waals surface area contributed by atoms with Crippen LogP contribution in [0.5, 0.6) is 0 Å². The topological polar surface area (TPSA) is 64.7 Å². The van der Waals surface area contributed by atoms with Gasteiger partial charge in [-0.25, -0.2) is 0 Å². The molecule has 3 rings (SSSR count). The monoisotopic (exact) mass is 410 g/mol. The summed E-state index contributed by atoms with van der Waals surface area (Å²) in [6.07, 6.45) is 1.24. The Balaban J connectivity index is 1.50. The lowest BCUT2D eigenvalue weighted by molar-refractivity contribution is -0.119. The highest BCUT2D eigenvalue weighted by Crippen LogP contribution is 2.20. The summed E-state index contributed by atoms with van der Waals surface area (Å²) in [7, 11) is 0. The summed E-state index contributed by atoms with van der Waals surface area (Å²) in [5.41, 5.74) is 2.66. The van der Waals surface area contributed by atoms with Crippen LogP contribution in [0.25, 0.3) is 0 Å². The number of hydrogen-bond acceptors (Lipinski definition) is 4. The summed E-state index contributed by atoms with van der Waals surface area (Å²) in [5, 5.41) is 6.01. The molecule has 2 aromatic carbocycles. The molecule has 1 heterocycles. The summed E-state index contributed by atoms with van der Waals surface area (Å²) in [5.74, 6) is 0.00738. The van der Waals surface area contributed by atoms with E-state index in [1.165, 1.54) is 0 Å². The van der Waals surface area contributed by atoms with Gasteiger partial charge in [0.1, 0.15) is 0 Å². The molecule has 0 saturated carbocycles. The predicted octanol–water partition coefficient (Wildman–Crippen LogP) is 3.26. The standard InChI is InChI=1S/C22H26N4O2S/c1-2-6-20(27)24-22(29)23-18-9-11-19(12-10-18)25-13-15-26(16-14-25)21(28)17-7-4-3-5-8-17/h3-5,7-12H,2,6,13-16H2,1H3,(H2,23,24,27,29). The van der Waals surface area contributed by atoms with Crippen molar-refractivity contribution in [3.05, 3.63) is 60.2 Å². The van der Waals surface area contributed by atoms with Gasteiger partial charge in [0, 0.05) is 49.5 Å². The fourth-order valence-corrected chi connectivity index (χ4v) is 3.50. The molecule has 7 heteroatoms. The van der Waals surface area contributed by atoms with Gasteiger partial charge >= 0.3 is 0 Å². The van der Waals surface area contributed by atoms with E-state index in [9.17, 15) is 9.59 Å². The Bertz CT molecular complexity index is 847. The van der Waals surface area contributed by atoms with Crippen molar-refractivity contribution in [3.63, 3.8) is 0 Å². The smallest absolute Gasteiger partial charge is 0.253 e. The van der Waals surface area contributed by atoms with Crippen molar-refractivity contribution in [2.45, 2.75) is 19.8 Å². The molecule has 0 aliphatic carbocycles. The average Bonchev–Trinajstić information content (AvgIpc) is 2.74. The number of anilines is 2. The highest BCUT2D eigenvalue weighted by Gasteiger charge is 2.22. The third-order valence-corrected chi connectivity index (χ3v) is 5.01. The van der Waals surface area contributed by atoms with Gasteiger partial charge in [-0.15, -0.1) is 0 Å². The van der Waals surface area contributed by atoms with E-state index in [0.29, 0.717) is 24.6 Å². The zero-order valence-electron chi connectivity index (χ0n) is 16.6. The number of nitrogens with zero attached hydrogens (tertiary/aromatic N) is 2. The maximum Gasteiger partial charge on any atom is 0.253 e. The third-order valence-electron chi connectivity index (χ3n) is 4.81. The highest BCUT2D eigenvalue weighted by molar-refractivity contribution is 7.80. The molecule has 6 nitrogen and oxygen atoms in total. The van der Waals surface area contributed by atoms with Gasteiger partial charge in [-0.05, 0) is 55.0 Å². The molecule has 0 atom stereocenters. The Morgan fingerprint density at radius 1 is 0.966 bits per heavy atom. The van der Waals surface area contributed by atoms with Crippen LogP contribution in [-0.2, 0) is 4.79 Å². The Morgan fingerprint density at radius 3 is 2.24 bits per heavy atom. The lowest BCUT2D eigenvalue weighted by Crippen LogP contribution is -2.48. The van der Waals surface area contributed by atoms with Crippen LogP contribution in [0.2, 0.25) is 0 Å². The second-order valence-corrected chi connectivity index (χ2v) is 7.35. The summed E-state index contributed by atoms with van der Waals surface area (Å²) in [6, 6.07) is 17.3. The first kappa shape index (κ1) is 20.8. The van der Waals surface area contributed by atoms with Crippen molar-refractivity contribution in [1.29, 1.82) is 0 Å². The van der Waals surface area contributed by atoms with Gasteiger partial charge in [-0.1, -0.05) is 25.1 Å². The molecule has 2 amide bonds. The molecule has 0 spiro atoms. The largest absolute Gasteiger partial charge is 0.368 e. The van der Waals surface area contributed by atoms with Crippen LogP contribution in [0, 0.1) is 0 Å². The molecule has 1 fully saturated rings. The van der Waals surface area contributed by atoms with Gasteiger partial charge in [0.2, 0.25) is 5.91 Å². The highest BCUT2D eigenvalue weighted by atomic mass is 32.1. The van der Waals surface area contributed by atoms with Crippen LogP contribution >= 0.6 is 12.2 Å². The van der Waals surface area contributed by atoms with E-state index in [4.69, 9.17) is 12.2 Å². The Kier molecular flexibility index (Phi) is 7.19. The zero-order chi connectivity index (χ0) is 20.6. The molecule has 0 unspecified atom stereocenters. The lowest BCUT2D eigenvalue weighted by Gasteiger charge is -2.36. The molecule has 0 radical (unpaired) electrons. The second-order valence-electron chi connectivity index (χ2n) is 6.94. The molecule has 2 N–H and O–H groups in total. The van der Waals surface area contributed by atoms with Gasteiger partial charge in [0.15, 0.2) is 5.11 Å². The summed E-state index contributed by atoms with van der Waals surface area (Å²) in [6.45, 7) is 4.92. The van der Waals surface area contributed by atoms with Crippen LogP contribution in [0.4, 0.5) is 11.4 Å². The van der Waals surface area contributed by atoms with E-state index >= 15 is 0 Å². The van der Waals surface area contributed by atoms with Crippen LogP contribution in [0.15, 0.2) is 54.6 Å². The van der Waals surface area contributed by atoms with Gasteiger partial charge in [0.05, 0.1) is 0 Å². The van der Waals surface area contributed by atoms with Crippen molar-refractivity contribution in [1.82, 2.24) is 10.2 Å². The summed E-state index contributed by atoms with van der Waals surface area (Å²) < 4.78 is 0. The fraction of sp³-hybridized carbons (Fsp3) is 0.318. The van der Waals surface area contributed by atoms with Gasteiger partial charge < -0.3 is 20.4 Å². The summed E-state index contributed by atoms with van der Waals surface area (Å²) in [4.78, 5) is 28.3. The minimum absolute atomic E-state index is 0.0791. The second kappa shape index (κ2) is 10.0. The Morgan fingerprint density at radius 2 is 1.62 bits per heavy atom. The number of rotatable bonds is 5. The first-order valence-electron chi connectivity index (χ1n) is 9.87. The molecule has 1 aliphatic rings. The minimum atomic E-state index is -0.0791. The van der Waals surface area contributed by atoms with E-state index < -0.39 is 0 Å². The Labute approximate surface area is 176 Å². The first-order valence-corrected chi connectivity index (χ1v) is 10.3. The average molecular weight is 411 g/mol. The molecular weight excluding hydrogens is 384 g/mol. The summed E-state index contributed by atoms with van der Waals surface area (Å²) >= 11 is 5.17. The van der Waals surface area contributed by atoms with Crippen LogP contribution in [-0.4, -0.2) is 48.0 Å². The zero-order valence-corrected chi connectivity index (χ0v) is 17.4. The lowest BCUT2D eigenvalue weighted by atomic mass is 10.1. The molecule has 152 valence electrons. The van der Waals surface area contributed by atoms with Gasteiger partial charge in [0.25, 0.3) is 5.91 Å². The number of carbonyl (C=O) groups is 2. The quantitative estimate of drug-likeness (QED) is 0.741. The van der Waals surface area contributed by atoms with Crippen molar-refractivity contribution in [3.8, 4) is 0 Å². The third kappa shape index (κ3) is 5.77. The molecule has 0 aromatic heterocycles. The van der Waals surface area contributed by atoms with Crippen LogP contribution < -0.4 is 15.5 Å². The molecule has 1 saturated heterocycles. The predicted molar refractivity (Wildman–Crippen MR) is 120 cm³/mol. The van der Waals surface area contributed by atoms with E-state index in [-0.39, 0.29) is 11.8 Å². The number of amides is 2. The van der Waals surface area contributed by atoms with Crippen molar-refractivity contribution >= 4 is 40.5 Å². The van der Waals surface area contributed by atoms with E-state index in [2.05, 4.69) is 15.5 Å². The van der Waals surface area contributed by atoms with Crippen LogP contribution in [0.1, 0.15) is 30.1 Å². The first-order chi connectivity index (χ1) is 14.1. The Hall–Kier alpha value is -2.93. The van der Waals surface area contributed by atoms with Crippen LogP contribution in [0.3, 0.4) is 0 Å². The number of benzene rings is 2. The minimum Gasteiger partial charge on any atom is -0.368 e. The van der Waals surface area contributed by atoms with E-state index in [0.717, 1.165) is 36.4 Å². The number of piperazine rings is 1. The molecule has 2 aromatic rings. The van der Waals surface area contributed by atoms with Crippen molar-refractivity contribution in [2.24, 2.45) is 0 Å². The van der Waals surface area contributed by atoms with Crippen molar-refractivity contribution in [2.75, 3.05) is 36.4 Å². The number of thiocarbonyl (C=S) groups is 1. The molecule has 0 bridgehead atoms. The number of nitrogens with one attached hydrogen (secondary N) is 2. The SMILES string of the molecule is CCCC(=O)NC(=S)Nc1ccc(N2CCN(C(=O)c3ccccc3)CC2)cc1. The van der Waals surface area contributed by atoms with Crippen molar-refractivity contribution < 1.29 is 9.59 Å². The fourth-order valence-electron chi connectivity index (χ4n) is 3.27. The molecular formula is C22H26N4O2S. The maximum absolute atomic E-state index is 12.6. The normalized spacial score (nSPS) is 13.7. The van der Waals surface area contributed by atoms with E-state index in [1.807, 2.05) is 66.4 Å². The molecule has 1 aliphatic heterocycles. The molecule has 29 heavy (non-hydrogen) atoms. The number of hydrogen-bond donors (Lipinski definition) is 2. The van der Waals surface area contributed by atoms with Gasteiger partial charge in [-0.2, -0.15) is 0 Å². The van der Waals surface area contributed by atoms with E-state index in [1.54, 1.807) is 0 Å². The van der Waals surface area contributed by atoms with Gasteiger partial charge in [-0.3, -0.25) is 9.59 Å².